The van der Waals surface area contributed by atoms with E-state index in [1.165, 1.54) is 32.1 Å². The predicted molar refractivity (Wildman–Crippen MR) is 112 cm³/mol. The number of likely N-dealkylation sites (tertiary alicyclic amines) is 1. The van der Waals surface area contributed by atoms with Crippen LogP contribution >= 0.6 is 0 Å². The van der Waals surface area contributed by atoms with Crippen LogP contribution in [0.4, 0.5) is 0 Å². The largest absolute Gasteiger partial charge is 0.334 e. The zero-order valence-corrected chi connectivity index (χ0v) is 16.8. The summed E-state index contributed by atoms with van der Waals surface area (Å²) in [7, 11) is 0. The van der Waals surface area contributed by atoms with Crippen molar-refractivity contribution in [1.82, 2.24) is 24.9 Å². The van der Waals surface area contributed by atoms with Crippen molar-refractivity contribution in [3.63, 3.8) is 0 Å². The van der Waals surface area contributed by atoms with Crippen LogP contribution in [-0.2, 0) is 0 Å². The van der Waals surface area contributed by atoms with Gasteiger partial charge in [0.1, 0.15) is 0 Å². The Morgan fingerprint density at radius 1 is 0.897 bits per heavy atom. The van der Waals surface area contributed by atoms with Gasteiger partial charge in [-0.15, -0.1) is 0 Å². The molecule has 154 valence electrons. The average molecular weight is 396 g/mol. The van der Waals surface area contributed by atoms with Crippen LogP contribution in [0.1, 0.15) is 42.6 Å². The number of amides is 1. The first kappa shape index (κ1) is 18.8. The molecule has 0 bridgehead atoms. The first-order valence-electron chi connectivity index (χ1n) is 11.0. The van der Waals surface area contributed by atoms with Crippen LogP contribution in [0.5, 0.6) is 0 Å². The first-order chi connectivity index (χ1) is 14.2. The van der Waals surface area contributed by atoms with Gasteiger partial charge in [0.25, 0.3) is 11.5 Å². The Labute approximate surface area is 170 Å². The molecule has 3 fully saturated rings. The number of aromatic amines is 1. The molecule has 0 unspecified atom stereocenters. The van der Waals surface area contributed by atoms with Gasteiger partial charge < -0.3 is 4.90 Å². The standard InChI is InChI=1S/C22H29N5O2/c28-21-19-9-5-4-8-18(19)20(23-24-21)22(29)27-14-17(15-27)26-12-10-25(11-13-26)16-6-2-1-3-7-16/h4-5,8-9,16-17H,1-3,6-7,10-15H2,(H,24,28). The highest BCUT2D eigenvalue weighted by Gasteiger charge is 2.38. The number of hydrogen-bond acceptors (Lipinski definition) is 5. The number of piperazine rings is 1. The summed E-state index contributed by atoms with van der Waals surface area (Å²) in [5.74, 6) is -0.0884. The Bertz CT molecular complexity index is 938. The fourth-order valence-electron chi connectivity index (χ4n) is 5.19. The summed E-state index contributed by atoms with van der Waals surface area (Å²) in [6.07, 6.45) is 6.91. The molecule has 0 radical (unpaired) electrons. The second kappa shape index (κ2) is 7.88. The summed E-state index contributed by atoms with van der Waals surface area (Å²) in [4.78, 5) is 32.0. The van der Waals surface area contributed by atoms with Crippen LogP contribution in [0.2, 0.25) is 0 Å². The SMILES string of the molecule is O=C(c1n[nH]c(=O)c2ccccc12)N1CC(N2CCN(C3CCCCC3)CC2)C1. The van der Waals surface area contributed by atoms with E-state index in [0.717, 1.165) is 45.3 Å². The van der Waals surface area contributed by atoms with Gasteiger partial charge >= 0.3 is 0 Å². The molecular weight excluding hydrogens is 366 g/mol. The van der Waals surface area contributed by atoms with Gasteiger partial charge in [-0.25, -0.2) is 5.10 Å². The number of nitrogens with zero attached hydrogens (tertiary/aromatic N) is 4. The van der Waals surface area contributed by atoms with Crippen molar-refractivity contribution in [2.75, 3.05) is 39.3 Å². The molecule has 0 spiro atoms. The van der Waals surface area contributed by atoms with E-state index in [2.05, 4.69) is 20.0 Å². The third-order valence-corrected chi connectivity index (χ3v) is 7.00. The van der Waals surface area contributed by atoms with E-state index in [1.807, 2.05) is 11.0 Å². The van der Waals surface area contributed by atoms with Crippen LogP contribution in [0, 0.1) is 0 Å². The topological polar surface area (TPSA) is 72.5 Å². The molecule has 2 saturated heterocycles. The van der Waals surface area contributed by atoms with E-state index in [1.54, 1.807) is 18.2 Å². The van der Waals surface area contributed by atoms with Gasteiger partial charge in [-0.1, -0.05) is 37.5 Å². The molecule has 0 atom stereocenters. The van der Waals surface area contributed by atoms with E-state index < -0.39 is 0 Å². The Kier molecular flexibility index (Phi) is 5.09. The van der Waals surface area contributed by atoms with Crippen molar-refractivity contribution >= 4 is 16.7 Å². The molecule has 1 N–H and O–H groups in total. The van der Waals surface area contributed by atoms with Gasteiger partial charge in [-0.3, -0.25) is 19.4 Å². The smallest absolute Gasteiger partial charge is 0.275 e. The number of benzene rings is 1. The normalized spacial score (nSPS) is 22.7. The molecule has 2 aliphatic heterocycles. The summed E-state index contributed by atoms with van der Waals surface area (Å²) in [6.45, 7) is 6.00. The number of H-pyrrole nitrogens is 1. The Morgan fingerprint density at radius 2 is 1.52 bits per heavy atom. The Hall–Kier alpha value is -2.25. The summed E-state index contributed by atoms with van der Waals surface area (Å²) < 4.78 is 0. The number of rotatable bonds is 3. The van der Waals surface area contributed by atoms with E-state index in [-0.39, 0.29) is 11.5 Å². The Balaban J connectivity index is 1.18. The third kappa shape index (κ3) is 3.57. The highest BCUT2D eigenvalue weighted by Crippen LogP contribution is 2.26. The van der Waals surface area contributed by atoms with E-state index >= 15 is 0 Å². The summed E-state index contributed by atoms with van der Waals surface area (Å²) >= 11 is 0. The van der Waals surface area contributed by atoms with Gasteiger partial charge in [0, 0.05) is 56.7 Å². The Morgan fingerprint density at radius 3 is 2.21 bits per heavy atom. The van der Waals surface area contributed by atoms with Gasteiger partial charge in [0.15, 0.2) is 5.69 Å². The van der Waals surface area contributed by atoms with Gasteiger partial charge in [0.05, 0.1) is 5.39 Å². The minimum Gasteiger partial charge on any atom is -0.334 e. The van der Waals surface area contributed by atoms with Crippen LogP contribution in [0.15, 0.2) is 29.1 Å². The molecule has 1 amide bonds. The second-order valence-electron chi connectivity index (χ2n) is 8.67. The molecule has 5 rings (SSSR count). The summed E-state index contributed by atoms with van der Waals surface area (Å²) in [5, 5.41) is 7.67. The van der Waals surface area contributed by atoms with Crippen molar-refractivity contribution in [2.24, 2.45) is 0 Å². The number of hydrogen-bond donors (Lipinski definition) is 1. The lowest BCUT2D eigenvalue weighted by Gasteiger charge is -2.49. The van der Waals surface area contributed by atoms with E-state index in [4.69, 9.17) is 0 Å². The minimum absolute atomic E-state index is 0.0884. The molecule has 1 aromatic heterocycles. The monoisotopic (exact) mass is 395 g/mol. The van der Waals surface area contributed by atoms with Crippen molar-refractivity contribution in [3.05, 3.63) is 40.3 Å². The van der Waals surface area contributed by atoms with Crippen molar-refractivity contribution in [3.8, 4) is 0 Å². The molecule has 1 aliphatic carbocycles. The minimum atomic E-state index is -0.255. The fraction of sp³-hybridized carbons (Fsp3) is 0.591. The lowest BCUT2D eigenvalue weighted by Crippen LogP contribution is -2.64. The zero-order chi connectivity index (χ0) is 19.8. The molecule has 1 saturated carbocycles. The number of fused-ring (bicyclic) bond motifs is 1. The van der Waals surface area contributed by atoms with E-state index in [0.29, 0.717) is 22.5 Å². The number of nitrogens with one attached hydrogen (secondary N) is 1. The fourth-order valence-corrected chi connectivity index (χ4v) is 5.19. The lowest BCUT2D eigenvalue weighted by molar-refractivity contribution is -0.00283. The average Bonchev–Trinajstić information content (AvgIpc) is 2.74. The van der Waals surface area contributed by atoms with Crippen molar-refractivity contribution < 1.29 is 4.79 Å². The molecule has 3 heterocycles. The lowest BCUT2D eigenvalue weighted by atomic mass is 9.93. The maximum Gasteiger partial charge on any atom is 0.275 e. The molecule has 29 heavy (non-hydrogen) atoms. The van der Waals surface area contributed by atoms with Crippen molar-refractivity contribution in [1.29, 1.82) is 0 Å². The molecule has 7 heteroatoms. The number of carbonyl (C=O) groups excluding carboxylic acids is 1. The summed E-state index contributed by atoms with van der Waals surface area (Å²) in [6, 6.07) is 8.42. The van der Waals surface area contributed by atoms with Gasteiger partial charge in [-0.2, -0.15) is 5.10 Å². The predicted octanol–water partition coefficient (Wildman–Crippen LogP) is 1.70. The maximum absolute atomic E-state index is 13.0. The van der Waals surface area contributed by atoms with Gasteiger partial charge in [-0.05, 0) is 18.9 Å². The van der Waals surface area contributed by atoms with Crippen LogP contribution in [0.25, 0.3) is 10.8 Å². The quantitative estimate of drug-likeness (QED) is 0.856. The molecule has 2 aromatic rings. The van der Waals surface area contributed by atoms with Crippen molar-refractivity contribution in [2.45, 2.75) is 44.2 Å². The van der Waals surface area contributed by atoms with E-state index in [9.17, 15) is 9.59 Å². The molecular formula is C22H29N5O2. The highest BCUT2D eigenvalue weighted by molar-refractivity contribution is 6.05. The molecule has 1 aromatic carbocycles. The zero-order valence-electron chi connectivity index (χ0n) is 16.8. The summed E-state index contributed by atoms with van der Waals surface area (Å²) in [5.41, 5.74) is 0.0928. The first-order valence-corrected chi connectivity index (χ1v) is 11.0. The van der Waals surface area contributed by atoms with Gasteiger partial charge in [0.2, 0.25) is 0 Å². The number of carbonyl (C=O) groups is 1. The highest BCUT2D eigenvalue weighted by atomic mass is 16.2. The van der Waals surface area contributed by atoms with Crippen LogP contribution in [0.3, 0.4) is 0 Å². The third-order valence-electron chi connectivity index (χ3n) is 7.00. The maximum atomic E-state index is 13.0. The number of aromatic nitrogens is 2. The molecule has 3 aliphatic rings. The van der Waals surface area contributed by atoms with Crippen LogP contribution in [-0.4, -0.2) is 82.2 Å². The molecule has 7 nitrogen and oxygen atoms in total. The second-order valence-corrected chi connectivity index (χ2v) is 8.67. The van der Waals surface area contributed by atoms with Crippen LogP contribution < -0.4 is 5.56 Å².